The van der Waals surface area contributed by atoms with Crippen LogP contribution in [0.25, 0.3) is 0 Å². The second kappa shape index (κ2) is 9.07. The lowest BCUT2D eigenvalue weighted by Gasteiger charge is -2.27. The highest BCUT2D eigenvalue weighted by atomic mass is 35.5. The maximum absolute atomic E-state index is 12.7. The number of hydrogen-bond acceptors (Lipinski definition) is 4. The van der Waals surface area contributed by atoms with E-state index < -0.39 is 0 Å². The minimum Gasteiger partial charge on any atom is -0.489 e. The number of nitrogens with zero attached hydrogens (tertiary/aromatic N) is 2. The molecule has 0 aliphatic carbocycles. The predicted octanol–water partition coefficient (Wildman–Crippen LogP) is 3.34. The van der Waals surface area contributed by atoms with Crippen LogP contribution in [0, 0.1) is 0 Å². The first kappa shape index (κ1) is 19.5. The Labute approximate surface area is 161 Å². The number of ether oxygens (including phenoxy) is 2. The van der Waals surface area contributed by atoms with Crippen molar-refractivity contribution in [2.45, 2.75) is 51.4 Å². The van der Waals surface area contributed by atoms with Crippen LogP contribution in [0.4, 0.5) is 0 Å². The van der Waals surface area contributed by atoms with E-state index in [0.717, 1.165) is 50.3 Å². The maximum atomic E-state index is 12.7. The Morgan fingerprint density at radius 1 is 1.38 bits per heavy atom. The molecule has 0 radical (unpaired) electrons. The van der Waals surface area contributed by atoms with Crippen LogP contribution in [0.2, 0.25) is 5.02 Å². The quantitative estimate of drug-likeness (QED) is 0.785. The molecular weight excluding hydrogens is 352 g/mol. The smallest absolute Gasteiger partial charge is 0.236 e. The number of fused-ring (bicyclic) bond motifs is 1. The summed E-state index contributed by atoms with van der Waals surface area (Å²) in [5.74, 6) is 0.998. The van der Waals surface area contributed by atoms with Crippen LogP contribution >= 0.6 is 11.6 Å². The molecule has 6 heteroatoms. The summed E-state index contributed by atoms with van der Waals surface area (Å²) in [5, 5.41) is 0.692. The van der Waals surface area contributed by atoms with E-state index >= 15 is 0 Å². The van der Waals surface area contributed by atoms with Crippen molar-refractivity contribution in [2.24, 2.45) is 0 Å². The van der Waals surface area contributed by atoms with Gasteiger partial charge in [0.1, 0.15) is 11.9 Å². The summed E-state index contributed by atoms with van der Waals surface area (Å²) in [4.78, 5) is 16.6. The van der Waals surface area contributed by atoms with Crippen molar-refractivity contribution in [2.75, 3.05) is 33.3 Å². The summed E-state index contributed by atoms with van der Waals surface area (Å²) in [6, 6.07) is 5.68. The van der Waals surface area contributed by atoms with Crippen LogP contribution in [0.1, 0.15) is 38.2 Å². The zero-order chi connectivity index (χ0) is 18.5. The van der Waals surface area contributed by atoms with Crippen molar-refractivity contribution in [3.8, 4) is 5.75 Å². The zero-order valence-electron chi connectivity index (χ0n) is 15.7. The van der Waals surface area contributed by atoms with E-state index in [9.17, 15) is 4.79 Å². The molecule has 0 aromatic heterocycles. The molecule has 0 bridgehead atoms. The molecule has 2 heterocycles. The summed E-state index contributed by atoms with van der Waals surface area (Å²) in [6.07, 6.45) is 4.76. The Morgan fingerprint density at radius 2 is 2.23 bits per heavy atom. The van der Waals surface area contributed by atoms with Crippen molar-refractivity contribution in [1.29, 1.82) is 0 Å². The third-order valence-electron chi connectivity index (χ3n) is 5.11. The Bertz CT molecular complexity index is 619. The van der Waals surface area contributed by atoms with E-state index in [1.807, 2.05) is 37.1 Å². The van der Waals surface area contributed by atoms with Crippen molar-refractivity contribution < 1.29 is 14.3 Å². The van der Waals surface area contributed by atoms with Gasteiger partial charge in [-0.3, -0.25) is 9.69 Å². The van der Waals surface area contributed by atoms with Crippen LogP contribution in [-0.2, 0) is 16.1 Å². The first-order valence-electron chi connectivity index (χ1n) is 9.54. The van der Waals surface area contributed by atoms with E-state index in [-0.39, 0.29) is 12.0 Å². The van der Waals surface area contributed by atoms with Crippen molar-refractivity contribution in [1.82, 2.24) is 9.80 Å². The largest absolute Gasteiger partial charge is 0.489 e. The van der Waals surface area contributed by atoms with E-state index in [1.165, 1.54) is 6.42 Å². The third kappa shape index (κ3) is 5.35. The summed E-state index contributed by atoms with van der Waals surface area (Å²) in [5.41, 5.74) is 1.04. The van der Waals surface area contributed by atoms with E-state index in [1.54, 1.807) is 0 Å². The van der Waals surface area contributed by atoms with E-state index in [4.69, 9.17) is 21.1 Å². The van der Waals surface area contributed by atoms with Crippen LogP contribution in [0.5, 0.6) is 5.75 Å². The number of benzene rings is 1. The van der Waals surface area contributed by atoms with Gasteiger partial charge in [-0.1, -0.05) is 11.6 Å². The number of amides is 1. The number of hydrogen-bond donors (Lipinski definition) is 0. The summed E-state index contributed by atoms with van der Waals surface area (Å²) >= 11 is 6.12. The van der Waals surface area contributed by atoms with Gasteiger partial charge in [0.2, 0.25) is 5.91 Å². The van der Waals surface area contributed by atoms with Crippen LogP contribution in [0.3, 0.4) is 0 Å². The number of carbonyl (C=O) groups is 1. The molecule has 2 aliphatic rings. The van der Waals surface area contributed by atoms with Crippen molar-refractivity contribution >= 4 is 17.5 Å². The highest BCUT2D eigenvalue weighted by Gasteiger charge is 2.23. The lowest BCUT2D eigenvalue weighted by atomic mass is 10.1. The van der Waals surface area contributed by atoms with Gasteiger partial charge in [-0.15, -0.1) is 0 Å². The lowest BCUT2D eigenvalue weighted by molar-refractivity contribution is -0.131. The van der Waals surface area contributed by atoms with Crippen LogP contribution < -0.4 is 4.74 Å². The molecule has 1 aromatic rings. The highest BCUT2D eigenvalue weighted by Crippen LogP contribution is 2.28. The fourth-order valence-electron chi connectivity index (χ4n) is 3.64. The molecule has 1 saturated heterocycles. The zero-order valence-corrected chi connectivity index (χ0v) is 16.5. The third-order valence-corrected chi connectivity index (χ3v) is 5.34. The van der Waals surface area contributed by atoms with Gasteiger partial charge in [0.25, 0.3) is 0 Å². The normalized spacial score (nSPS) is 23.7. The average Bonchev–Trinajstić information content (AvgIpc) is 2.77. The molecule has 0 spiro atoms. The number of rotatable bonds is 5. The molecular formula is C20H29ClN2O3. The highest BCUT2D eigenvalue weighted by molar-refractivity contribution is 6.30. The molecule has 144 valence electrons. The first-order chi connectivity index (χ1) is 12.5. The number of halogens is 1. The van der Waals surface area contributed by atoms with Gasteiger partial charge < -0.3 is 14.4 Å². The second-order valence-electron chi connectivity index (χ2n) is 7.44. The van der Waals surface area contributed by atoms with Crippen molar-refractivity contribution in [3.63, 3.8) is 0 Å². The Morgan fingerprint density at radius 3 is 3.00 bits per heavy atom. The Hall–Kier alpha value is -1.30. The first-order valence-corrected chi connectivity index (χ1v) is 9.92. The molecule has 1 aromatic carbocycles. The second-order valence-corrected chi connectivity index (χ2v) is 7.88. The Kier molecular flexibility index (Phi) is 6.79. The standard InChI is InChI=1S/C20H29ClN2O3/c1-15-12-23(13-16-11-17(21)6-7-19(16)26-15)14-20(24)22(2)9-8-18-5-3-4-10-25-18/h6-7,11,15,18H,3-5,8-10,12-14H2,1-2H3. The monoisotopic (exact) mass is 380 g/mol. The van der Waals surface area contributed by atoms with E-state index in [0.29, 0.717) is 24.2 Å². The van der Waals surface area contributed by atoms with Gasteiger partial charge in [0, 0.05) is 43.9 Å². The van der Waals surface area contributed by atoms with Gasteiger partial charge in [0.05, 0.1) is 12.6 Å². The molecule has 0 saturated carbocycles. The number of carbonyl (C=O) groups excluding carboxylic acids is 1. The average molecular weight is 381 g/mol. The molecule has 1 amide bonds. The van der Waals surface area contributed by atoms with Gasteiger partial charge >= 0.3 is 0 Å². The lowest BCUT2D eigenvalue weighted by Crippen LogP contribution is -2.41. The molecule has 0 N–H and O–H groups in total. The fraction of sp³-hybridized carbons (Fsp3) is 0.650. The van der Waals surface area contributed by atoms with Gasteiger partial charge in [-0.2, -0.15) is 0 Å². The fourth-order valence-corrected chi connectivity index (χ4v) is 3.83. The topological polar surface area (TPSA) is 42.0 Å². The molecule has 3 rings (SSSR count). The van der Waals surface area contributed by atoms with Gasteiger partial charge in [-0.25, -0.2) is 0 Å². The minimum atomic E-state index is 0.0335. The molecule has 2 aliphatic heterocycles. The van der Waals surface area contributed by atoms with Crippen molar-refractivity contribution in [3.05, 3.63) is 28.8 Å². The molecule has 2 atom stereocenters. The maximum Gasteiger partial charge on any atom is 0.236 e. The molecule has 5 nitrogen and oxygen atoms in total. The van der Waals surface area contributed by atoms with E-state index in [2.05, 4.69) is 4.90 Å². The molecule has 26 heavy (non-hydrogen) atoms. The predicted molar refractivity (Wildman–Crippen MR) is 103 cm³/mol. The SMILES string of the molecule is CC1CN(CC(=O)N(C)CCC2CCCCO2)Cc2cc(Cl)ccc2O1. The van der Waals surface area contributed by atoms with Crippen LogP contribution in [-0.4, -0.2) is 61.2 Å². The van der Waals surface area contributed by atoms with Crippen LogP contribution in [0.15, 0.2) is 18.2 Å². The van der Waals surface area contributed by atoms with Gasteiger partial charge in [-0.05, 0) is 50.8 Å². The Balaban J connectivity index is 1.54. The number of likely N-dealkylation sites (N-methyl/N-ethyl adjacent to an activating group) is 1. The van der Waals surface area contributed by atoms with Gasteiger partial charge in [0.15, 0.2) is 0 Å². The molecule has 1 fully saturated rings. The summed E-state index contributed by atoms with van der Waals surface area (Å²) in [6.45, 7) is 5.41. The molecule has 2 unspecified atom stereocenters. The summed E-state index contributed by atoms with van der Waals surface area (Å²) < 4.78 is 11.7. The minimum absolute atomic E-state index is 0.0335. The summed E-state index contributed by atoms with van der Waals surface area (Å²) in [7, 11) is 1.88.